The van der Waals surface area contributed by atoms with Crippen LogP contribution >= 0.6 is 11.8 Å². The van der Waals surface area contributed by atoms with E-state index in [1.807, 2.05) is 11.8 Å². The average molecular weight is 258 g/mol. The second-order valence-electron chi connectivity index (χ2n) is 5.69. The lowest BCUT2D eigenvalue weighted by Gasteiger charge is -2.45. The van der Waals surface area contributed by atoms with E-state index in [1.54, 1.807) is 0 Å². The van der Waals surface area contributed by atoms with Crippen molar-refractivity contribution < 1.29 is 0 Å². The maximum absolute atomic E-state index is 3.67. The summed E-state index contributed by atoms with van der Waals surface area (Å²) in [6, 6.07) is 0. The molecule has 2 nitrogen and oxygen atoms in total. The fourth-order valence-electron chi connectivity index (χ4n) is 2.97. The van der Waals surface area contributed by atoms with Crippen LogP contribution in [0.15, 0.2) is 0 Å². The van der Waals surface area contributed by atoms with Gasteiger partial charge in [-0.05, 0) is 38.6 Å². The van der Waals surface area contributed by atoms with Crippen molar-refractivity contribution in [2.24, 2.45) is 5.92 Å². The van der Waals surface area contributed by atoms with Crippen LogP contribution in [0.4, 0.5) is 0 Å². The number of hydrogen-bond donors (Lipinski definition) is 1. The molecule has 0 saturated heterocycles. The summed E-state index contributed by atoms with van der Waals surface area (Å²) in [4.78, 5) is 2.46. The fourth-order valence-corrected chi connectivity index (χ4v) is 3.54. The normalized spacial score (nSPS) is 29.8. The summed E-state index contributed by atoms with van der Waals surface area (Å²) in [7, 11) is 4.50. The summed E-state index contributed by atoms with van der Waals surface area (Å²) >= 11 is 2.03. The highest BCUT2D eigenvalue weighted by Gasteiger charge is 2.36. The van der Waals surface area contributed by atoms with Crippen LogP contribution < -0.4 is 5.32 Å². The molecule has 2 unspecified atom stereocenters. The molecular weight excluding hydrogens is 228 g/mol. The molecule has 0 bridgehead atoms. The Bertz CT molecular complexity index is 208. The second kappa shape index (κ2) is 7.65. The van der Waals surface area contributed by atoms with Crippen LogP contribution in [0.2, 0.25) is 0 Å². The van der Waals surface area contributed by atoms with Crippen LogP contribution in [0.5, 0.6) is 0 Å². The predicted octanol–water partition coefficient (Wildman–Crippen LogP) is 2.84. The van der Waals surface area contributed by atoms with Gasteiger partial charge in [-0.3, -0.25) is 0 Å². The van der Waals surface area contributed by atoms with Crippen molar-refractivity contribution in [2.75, 3.05) is 38.7 Å². The van der Waals surface area contributed by atoms with Gasteiger partial charge in [0.25, 0.3) is 0 Å². The van der Waals surface area contributed by atoms with E-state index >= 15 is 0 Å². The van der Waals surface area contributed by atoms with Crippen molar-refractivity contribution in [1.29, 1.82) is 0 Å². The third kappa shape index (κ3) is 4.80. The monoisotopic (exact) mass is 258 g/mol. The Morgan fingerprint density at radius 2 is 2.18 bits per heavy atom. The zero-order valence-corrected chi connectivity index (χ0v) is 12.9. The van der Waals surface area contributed by atoms with Crippen LogP contribution in [0, 0.1) is 5.92 Å². The van der Waals surface area contributed by atoms with Crippen molar-refractivity contribution in [2.45, 2.75) is 45.1 Å². The Morgan fingerprint density at radius 1 is 1.41 bits per heavy atom. The SMILES string of the molecule is CCSCCNCC1(N(C)C)CCCC(C)C1. The zero-order chi connectivity index (χ0) is 12.7. The number of rotatable bonds is 7. The van der Waals surface area contributed by atoms with Crippen molar-refractivity contribution in [3.8, 4) is 0 Å². The zero-order valence-electron chi connectivity index (χ0n) is 12.1. The fraction of sp³-hybridized carbons (Fsp3) is 1.00. The van der Waals surface area contributed by atoms with Crippen molar-refractivity contribution >= 4 is 11.8 Å². The standard InChI is InChI=1S/C14H30N2S/c1-5-17-10-9-15-12-14(16(3)4)8-6-7-13(2)11-14/h13,15H,5-12H2,1-4H3. The summed E-state index contributed by atoms with van der Waals surface area (Å²) in [5.74, 6) is 3.37. The Kier molecular flexibility index (Phi) is 6.90. The van der Waals surface area contributed by atoms with Crippen molar-refractivity contribution in [3.05, 3.63) is 0 Å². The molecular formula is C14H30N2S. The lowest BCUT2D eigenvalue weighted by Crippen LogP contribution is -2.54. The highest BCUT2D eigenvalue weighted by atomic mass is 32.2. The molecule has 1 aliphatic rings. The third-order valence-electron chi connectivity index (χ3n) is 4.10. The number of nitrogens with zero attached hydrogens (tertiary/aromatic N) is 1. The smallest absolute Gasteiger partial charge is 0.0330 e. The van der Waals surface area contributed by atoms with E-state index in [9.17, 15) is 0 Å². The molecule has 1 saturated carbocycles. The summed E-state index contributed by atoms with van der Waals surface area (Å²) in [6.45, 7) is 6.95. The number of thioether (sulfide) groups is 1. The molecule has 0 aromatic carbocycles. The highest BCUT2D eigenvalue weighted by Crippen LogP contribution is 2.35. The molecule has 0 aromatic rings. The number of nitrogens with one attached hydrogen (secondary N) is 1. The van der Waals surface area contributed by atoms with Crippen LogP contribution in [-0.4, -0.2) is 49.1 Å². The summed E-state index contributed by atoms with van der Waals surface area (Å²) < 4.78 is 0. The Labute approximate surface area is 112 Å². The maximum atomic E-state index is 3.67. The Morgan fingerprint density at radius 3 is 2.76 bits per heavy atom. The molecule has 0 spiro atoms. The molecule has 0 heterocycles. The first-order valence-electron chi connectivity index (χ1n) is 7.06. The average Bonchev–Trinajstić information content (AvgIpc) is 2.28. The molecule has 0 aromatic heterocycles. The van der Waals surface area contributed by atoms with E-state index in [4.69, 9.17) is 0 Å². The van der Waals surface area contributed by atoms with Gasteiger partial charge in [0, 0.05) is 24.4 Å². The minimum absolute atomic E-state index is 0.411. The summed E-state index contributed by atoms with van der Waals surface area (Å²) in [6.07, 6.45) is 5.53. The van der Waals surface area contributed by atoms with Gasteiger partial charge in [-0.15, -0.1) is 0 Å². The van der Waals surface area contributed by atoms with Crippen molar-refractivity contribution in [1.82, 2.24) is 10.2 Å². The van der Waals surface area contributed by atoms with Gasteiger partial charge in [0.05, 0.1) is 0 Å². The maximum Gasteiger partial charge on any atom is 0.0330 e. The summed E-state index contributed by atoms with van der Waals surface area (Å²) in [5, 5.41) is 3.67. The van der Waals surface area contributed by atoms with Gasteiger partial charge in [0.1, 0.15) is 0 Å². The molecule has 1 rings (SSSR count). The van der Waals surface area contributed by atoms with Gasteiger partial charge in [-0.25, -0.2) is 0 Å². The molecule has 1 aliphatic carbocycles. The first-order chi connectivity index (χ1) is 8.10. The summed E-state index contributed by atoms with van der Waals surface area (Å²) in [5.41, 5.74) is 0.411. The molecule has 1 N–H and O–H groups in total. The van der Waals surface area contributed by atoms with Crippen LogP contribution in [0.1, 0.15) is 39.5 Å². The largest absolute Gasteiger partial charge is 0.314 e. The molecule has 102 valence electrons. The first-order valence-corrected chi connectivity index (χ1v) is 8.22. The molecule has 2 atom stereocenters. The molecule has 0 amide bonds. The van der Waals surface area contributed by atoms with Gasteiger partial charge in [0.15, 0.2) is 0 Å². The topological polar surface area (TPSA) is 15.3 Å². The van der Waals surface area contributed by atoms with Crippen molar-refractivity contribution in [3.63, 3.8) is 0 Å². The van der Waals surface area contributed by atoms with E-state index in [0.717, 1.165) is 19.0 Å². The Hall–Kier alpha value is 0.270. The van der Waals surface area contributed by atoms with Crippen LogP contribution in [0.3, 0.4) is 0 Å². The van der Waals surface area contributed by atoms with Crippen LogP contribution in [-0.2, 0) is 0 Å². The van der Waals surface area contributed by atoms with E-state index in [2.05, 4.69) is 38.2 Å². The third-order valence-corrected chi connectivity index (χ3v) is 5.00. The minimum atomic E-state index is 0.411. The molecule has 0 aliphatic heterocycles. The Balaban J connectivity index is 2.37. The predicted molar refractivity (Wildman–Crippen MR) is 79.9 cm³/mol. The van der Waals surface area contributed by atoms with Gasteiger partial charge in [-0.1, -0.05) is 26.7 Å². The second-order valence-corrected chi connectivity index (χ2v) is 7.09. The van der Waals surface area contributed by atoms with Gasteiger partial charge >= 0.3 is 0 Å². The lowest BCUT2D eigenvalue weighted by molar-refractivity contribution is 0.0759. The molecule has 17 heavy (non-hydrogen) atoms. The van der Waals surface area contributed by atoms with Crippen LogP contribution in [0.25, 0.3) is 0 Å². The van der Waals surface area contributed by atoms with E-state index in [-0.39, 0.29) is 0 Å². The molecule has 3 heteroatoms. The lowest BCUT2D eigenvalue weighted by atomic mass is 9.75. The van der Waals surface area contributed by atoms with Gasteiger partial charge < -0.3 is 10.2 Å². The van der Waals surface area contributed by atoms with E-state index in [1.165, 1.54) is 37.2 Å². The number of likely N-dealkylation sites (N-methyl/N-ethyl adjacent to an activating group) is 1. The molecule has 1 fully saturated rings. The van der Waals surface area contributed by atoms with E-state index in [0.29, 0.717) is 5.54 Å². The number of hydrogen-bond acceptors (Lipinski definition) is 3. The van der Waals surface area contributed by atoms with Gasteiger partial charge in [0.2, 0.25) is 0 Å². The van der Waals surface area contributed by atoms with E-state index < -0.39 is 0 Å². The first kappa shape index (κ1) is 15.3. The van der Waals surface area contributed by atoms with Gasteiger partial charge in [-0.2, -0.15) is 11.8 Å². The quantitative estimate of drug-likeness (QED) is 0.707. The molecule has 0 radical (unpaired) electrons. The minimum Gasteiger partial charge on any atom is -0.314 e. The highest BCUT2D eigenvalue weighted by molar-refractivity contribution is 7.99.